The second-order valence-electron chi connectivity index (χ2n) is 13.9. The lowest BCUT2D eigenvalue weighted by molar-refractivity contribution is 0.953. The Hall–Kier alpha value is -8.41. The Balaban J connectivity index is 1.27. The van der Waals surface area contributed by atoms with Gasteiger partial charge in [-0.2, -0.15) is 9.97 Å². The van der Waals surface area contributed by atoms with E-state index in [4.69, 9.17) is 20.6 Å². The number of hydrogen-bond acceptors (Lipinski definition) is 3. The Morgan fingerprint density at radius 3 is 1.60 bits per heavy atom. The van der Waals surface area contributed by atoms with Crippen LogP contribution in [0.5, 0.6) is 0 Å². The maximum atomic E-state index is 10.5. The van der Waals surface area contributed by atoms with Gasteiger partial charge in [0, 0.05) is 38.4 Å². The standard InChI is InChI=1S/C57H37N5/c1-4-17-38(18-5-1)41-23-14-25-43(33-41)44-26-16-28-46(35-44)61-51-31-12-10-29-47(51)49-36-50-48-30-11-13-32-52(48)62(54(50)37-53(49)61)57-59-55(40-21-8-3-9-22-40)58-56(60-57)45-27-15-24-42(34-45)39-19-6-2-7-20-39/h1-37H/i2D,3D,6D,7D,8D,9D,10D,11D,12D,13D,15D,19D,20D,21D,22D,27D,29D,30D,31D,32D,34D,36D,37D. The molecule has 9 aromatic carbocycles. The summed E-state index contributed by atoms with van der Waals surface area (Å²) in [5.41, 5.74) is -0.419. The van der Waals surface area contributed by atoms with Gasteiger partial charge >= 0.3 is 0 Å². The van der Waals surface area contributed by atoms with E-state index in [0.717, 1.165) is 27.3 Å². The number of benzene rings is 9. The summed E-state index contributed by atoms with van der Waals surface area (Å²) < 4.78 is 210. The topological polar surface area (TPSA) is 48.5 Å². The molecule has 0 bridgehead atoms. The number of rotatable bonds is 7. The zero-order chi connectivity index (χ0) is 61.0. The summed E-state index contributed by atoms with van der Waals surface area (Å²) in [6.45, 7) is 0. The Kier molecular flexibility index (Phi) is 4.58. The Morgan fingerprint density at radius 1 is 0.323 bits per heavy atom. The molecule has 0 aliphatic rings. The highest BCUT2D eigenvalue weighted by atomic mass is 15.2. The fourth-order valence-electron chi connectivity index (χ4n) is 7.57. The van der Waals surface area contributed by atoms with Crippen molar-refractivity contribution in [3.8, 4) is 67.8 Å². The van der Waals surface area contributed by atoms with Crippen LogP contribution >= 0.6 is 0 Å². The van der Waals surface area contributed by atoms with Crippen molar-refractivity contribution < 1.29 is 31.5 Å². The third-order valence-corrected chi connectivity index (χ3v) is 10.3. The fourth-order valence-corrected chi connectivity index (χ4v) is 7.57. The predicted molar refractivity (Wildman–Crippen MR) is 256 cm³/mol. The smallest absolute Gasteiger partial charge is 0.238 e. The van der Waals surface area contributed by atoms with Crippen LogP contribution in [0.3, 0.4) is 0 Å². The molecule has 0 saturated carbocycles. The first-order chi connectivity index (χ1) is 40.3. The van der Waals surface area contributed by atoms with Crippen LogP contribution in [0.1, 0.15) is 31.5 Å². The molecular weight excluding hydrogens is 755 g/mol. The molecule has 0 N–H and O–H groups in total. The quantitative estimate of drug-likeness (QED) is 0.161. The molecule has 0 fully saturated rings. The van der Waals surface area contributed by atoms with Crippen LogP contribution in [0.15, 0.2) is 224 Å². The highest BCUT2D eigenvalue weighted by Crippen LogP contribution is 2.40. The van der Waals surface area contributed by atoms with E-state index in [9.17, 15) is 11.0 Å². The molecule has 0 spiro atoms. The van der Waals surface area contributed by atoms with Crippen molar-refractivity contribution in [1.82, 2.24) is 24.1 Å². The monoisotopic (exact) mass is 814 g/mol. The molecule has 0 saturated heterocycles. The van der Waals surface area contributed by atoms with E-state index in [1.54, 1.807) is 18.2 Å². The van der Waals surface area contributed by atoms with E-state index in [0.29, 0.717) is 5.56 Å². The van der Waals surface area contributed by atoms with Gasteiger partial charge in [0.2, 0.25) is 5.95 Å². The van der Waals surface area contributed by atoms with E-state index in [-0.39, 0.29) is 32.9 Å². The van der Waals surface area contributed by atoms with Crippen molar-refractivity contribution in [2.75, 3.05) is 0 Å². The number of para-hydroxylation sites is 2. The van der Waals surface area contributed by atoms with Gasteiger partial charge in [-0.15, -0.1) is 0 Å². The third-order valence-electron chi connectivity index (χ3n) is 10.3. The average Bonchev–Trinajstić information content (AvgIpc) is 1.57. The molecular formula is C57H37N5. The lowest BCUT2D eigenvalue weighted by Crippen LogP contribution is -2.06. The Labute approximate surface area is 390 Å². The zero-order valence-electron chi connectivity index (χ0n) is 54.8. The van der Waals surface area contributed by atoms with Crippen LogP contribution in [0.2, 0.25) is 0 Å². The minimum absolute atomic E-state index is 0.175. The summed E-state index contributed by atoms with van der Waals surface area (Å²) in [6.07, 6.45) is 0. The molecule has 12 aromatic rings. The van der Waals surface area contributed by atoms with E-state index >= 15 is 0 Å². The second-order valence-corrected chi connectivity index (χ2v) is 13.9. The molecule has 12 rings (SSSR count). The predicted octanol–water partition coefficient (Wildman–Crippen LogP) is 14.4. The first-order valence-corrected chi connectivity index (χ1v) is 19.1. The van der Waals surface area contributed by atoms with Gasteiger partial charge in [0.1, 0.15) is 0 Å². The van der Waals surface area contributed by atoms with Gasteiger partial charge in [0.15, 0.2) is 11.6 Å². The van der Waals surface area contributed by atoms with Gasteiger partial charge in [-0.25, -0.2) is 4.98 Å². The molecule has 5 nitrogen and oxygen atoms in total. The lowest BCUT2D eigenvalue weighted by Gasteiger charge is -2.13. The molecule has 0 atom stereocenters. The van der Waals surface area contributed by atoms with Crippen molar-refractivity contribution in [1.29, 1.82) is 0 Å². The van der Waals surface area contributed by atoms with E-state index < -0.39 is 195 Å². The zero-order valence-corrected chi connectivity index (χ0v) is 31.8. The van der Waals surface area contributed by atoms with Crippen molar-refractivity contribution in [2.24, 2.45) is 0 Å². The number of hydrogen-bond donors (Lipinski definition) is 0. The number of nitrogens with zero attached hydrogens (tertiary/aromatic N) is 5. The maximum Gasteiger partial charge on any atom is 0.238 e. The number of fused-ring (bicyclic) bond motifs is 6. The highest BCUT2D eigenvalue weighted by Gasteiger charge is 2.21. The lowest BCUT2D eigenvalue weighted by atomic mass is 9.99. The van der Waals surface area contributed by atoms with Crippen LogP contribution in [0.25, 0.3) is 111 Å². The van der Waals surface area contributed by atoms with Crippen molar-refractivity contribution in [3.05, 3.63) is 224 Å². The summed E-state index contributed by atoms with van der Waals surface area (Å²) in [4.78, 5) is 13.7. The molecule has 3 heterocycles. The number of aromatic nitrogens is 5. The van der Waals surface area contributed by atoms with Gasteiger partial charge in [0.05, 0.1) is 53.6 Å². The largest absolute Gasteiger partial charge is 0.309 e. The van der Waals surface area contributed by atoms with Gasteiger partial charge in [0.25, 0.3) is 0 Å². The summed E-state index contributed by atoms with van der Waals surface area (Å²) in [6, 6.07) is 7.49. The van der Waals surface area contributed by atoms with Crippen LogP contribution in [-0.2, 0) is 0 Å². The molecule has 290 valence electrons. The van der Waals surface area contributed by atoms with Gasteiger partial charge in [-0.3, -0.25) is 4.57 Å². The first-order valence-electron chi connectivity index (χ1n) is 30.6. The maximum absolute atomic E-state index is 10.5. The molecule has 0 radical (unpaired) electrons. The molecule has 62 heavy (non-hydrogen) atoms. The Morgan fingerprint density at radius 2 is 0.871 bits per heavy atom. The van der Waals surface area contributed by atoms with Crippen molar-refractivity contribution in [2.45, 2.75) is 0 Å². The van der Waals surface area contributed by atoms with Crippen molar-refractivity contribution >= 4 is 43.6 Å². The molecule has 5 heteroatoms. The second kappa shape index (κ2) is 14.7. The van der Waals surface area contributed by atoms with E-state index in [2.05, 4.69) is 15.0 Å². The van der Waals surface area contributed by atoms with Gasteiger partial charge < -0.3 is 4.57 Å². The van der Waals surface area contributed by atoms with Crippen LogP contribution in [0, 0.1) is 0 Å². The first kappa shape index (κ1) is 19.3. The Bertz CT molecular complexity index is 4940. The molecule has 0 unspecified atom stereocenters. The van der Waals surface area contributed by atoms with Gasteiger partial charge in [-0.1, -0.05) is 175 Å². The summed E-state index contributed by atoms with van der Waals surface area (Å²) in [5.74, 6) is -2.35. The van der Waals surface area contributed by atoms with Crippen LogP contribution in [0.4, 0.5) is 0 Å². The minimum atomic E-state index is -0.876. The van der Waals surface area contributed by atoms with Crippen LogP contribution < -0.4 is 0 Å². The third kappa shape index (κ3) is 6.06. The molecule has 0 amide bonds. The minimum Gasteiger partial charge on any atom is -0.309 e. The van der Waals surface area contributed by atoms with Crippen LogP contribution in [-0.4, -0.2) is 24.1 Å². The normalized spacial score (nSPS) is 16.7. The van der Waals surface area contributed by atoms with E-state index in [1.165, 1.54) is 4.57 Å². The van der Waals surface area contributed by atoms with Crippen molar-refractivity contribution in [3.63, 3.8) is 0 Å². The highest BCUT2D eigenvalue weighted by molar-refractivity contribution is 6.19. The SMILES string of the molecule is [2H]c1cc(-c2c([2H])c([2H])c([2H])c([2H])c2[2H])c([2H])c(-c2nc(-c3c([2H])c([2H])c([2H])c([2H])c3[2H])nc(-n3c4c([2H])c([2H])c([2H])c([2H])c4c4c([2H])c5c6c([2H])c([2H])c([2H])c([2H])c6n(-c6cccc(-c7cccc(-c8ccccc8)c7)c6)c5c([2H])c43)n2)c1[2H]. The van der Waals surface area contributed by atoms with E-state index in [1.807, 2.05) is 60.7 Å². The summed E-state index contributed by atoms with van der Waals surface area (Å²) in [5, 5.41) is -1.26. The van der Waals surface area contributed by atoms with Gasteiger partial charge in [-0.05, 0) is 81.8 Å². The fraction of sp³-hybridized carbons (Fsp3) is 0. The molecule has 3 aromatic heterocycles. The average molecular weight is 815 g/mol. The molecule has 0 aliphatic heterocycles. The summed E-state index contributed by atoms with van der Waals surface area (Å²) in [7, 11) is 0. The summed E-state index contributed by atoms with van der Waals surface area (Å²) >= 11 is 0. The molecule has 0 aliphatic carbocycles.